The minimum Gasteiger partial charge on any atom is -0.497 e. The van der Waals surface area contributed by atoms with Crippen LogP contribution in [0.2, 0.25) is 0 Å². The first-order chi connectivity index (χ1) is 16.1. The molecule has 0 aliphatic heterocycles. The minimum atomic E-state index is -0.358. The first-order valence-electron chi connectivity index (χ1n) is 11.0. The zero-order chi connectivity index (χ0) is 22.8. The Labute approximate surface area is 197 Å². The molecule has 178 valence electrons. The summed E-state index contributed by atoms with van der Waals surface area (Å²) < 4.78 is 21.6. The van der Waals surface area contributed by atoms with Gasteiger partial charge in [-0.3, -0.25) is 4.57 Å². The molecule has 9 heteroatoms. The summed E-state index contributed by atoms with van der Waals surface area (Å²) in [6, 6.07) is 14.1. The number of aliphatic hydroxyl groups is 1. The van der Waals surface area contributed by atoms with Crippen LogP contribution < -0.4 is 15.4 Å². The summed E-state index contributed by atoms with van der Waals surface area (Å²) in [5.74, 6) is 1.34. The zero-order valence-corrected chi connectivity index (χ0v) is 18.2. The molecule has 2 aromatic carbocycles. The van der Waals surface area contributed by atoms with E-state index in [0.717, 1.165) is 24.3 Å². The highest BCUT2D eigenvalue weighted by Gasteiger charge is 2.26. The van der Waals surface area contributed by atoms with Gasteiger partial charge < -0.3 is 20.5 Å². The van der Waals surface area contributed by atoms with Crippen LogP contribution in [-0.2, 0) is 0 Å². The summed E-state index contributed by atoms with van der Waals surface area (Å²) in [7, 11) is 1.62. The SMILES string of the molecule is C.COc1ccc(Nc2ncc3nc(Nc4ccccc4F)n(C4CCC(O)CC4)c3n2)cc1. The second kappa shape index (κ2) is 10.0. The van der Waals surface area contributed by atoms with E-state index in [1.54, 1.807) is 31.5 Å². The first kappa shape index (κ1) is 23.4. The number of nitrogens with one attached hydrogen (secondary N) is 2. The highest BCUT2D eigenvalue weighted by Crippen LogP contribution is 2.35. The molecule has 0 atom stereocenters. The van der Waals surface area contributed by atoms with E-state index >= 15 is 0 Å². The van der Waals surface area contributed by atoms with Crippen LogP contribution in [-0.4, -0.2) is 37.8 Å². The molecule has 0 bridgehead atoms. The molecule has 0 radical (unpaired) electrons. The molecule has 34 heavy (non-hydrogen) atoms. The Morgan fingerprint density at radius 1 is 1.00 bits per heavy atom. The molecule has 0 spiro atoms. The van der Waals surface area contributed by atoms with Crippen LogP contribution in [0, 0.1) is 5.82 Å². The Morgan fingerprint density at radius 2 is 1.74 bits per heavy atom. The summed E-state index contributed by atoms with van der Waals surface area (Å²) in [6.45, 7) is 0. The van der Waals surface area contributed by atoms with Gasteiger partial charge in [-0.1, -0.05) is 19.6 Å². The van der Waals surface area contributed by atoms with Gasteiger partial charge in [-0.25, -0.2) is 14.4 Å². The van der Waals surface area contributed by atoms with Gasteiger partial charge in [-0.05, 0) is 62.1 Å². The molecule has 2 heterocycles. The number of methoxy groups -OCH3 is 1. The third-order valence-corrected chi connectivity index (χ3v) is 5.93. The molecule has 0 saturated heterocycles. The summed E-state index contributed by atoms with van der Waals surface area (Å²) in [4.78, 5) is 13.8. The highest BCUT2D eigenvalue weighted by atomic mass is 19.1. The van der Waals surface area contributed by atoms with Gasteiger partial charge in [0.2, 0.25) is 11.9 Å². The van der Waals surface area contributed by atoms with Crippen molar-refractivity contribution in [1.29, 1.82) is 0 Å². The van der Waals surface area contributed by atoms with E-state index in [2.05, 4.69) is 20.6 Å². The predicted molar refractivity (Wildman–Crippen MR) is 132 cm³/mol. The largest absolute Gasteiger partial charge is 0.497 e. The Bertz CT molecular complexity index is 1250. The lowest BCUT2D eigenvalue weighted by Crippen LogP contribution is -2.22. The second-order valence-electron chi connectivity index (χ2n) is 8.13. The number of imidazole rings is 1. The standard InChI is InChI=1S/C24H25FN6O2.CH4/c1-33-18-12-6-15(7-13-18)27-23-26-14-21-22(30-23)31(16-8-10-17(32)11-9-16)24(29-21)28-20-5-3-2-4-19(20)25;/h2-7,12-14,16-17,32H,8-11H2,1H3,(H,28,29)(H,26,27,30);1H4. The lowest BCUT2D eigenvalue weighted by Gasteiger charge is -2.28. The summed E-state index contributed by atoms with van der Waals surface area (Å²) in [5.41, 5.74) is 2.43. The van der Waals surface area contributed by atoms with Gasteiger partial charge in [0.05, 0.1) is 25.1 Å². The number of nitrogens with zero attached hydrogens (tertiary/aromatic N) is 4. The molecule has 0 amide bonds. The van der Waals surface area contributed by atoms with Crippen molar-refractivity contribution in [1.82, 2.24) is 19.5 Å². The van der Waals surface area contributed by atoms with Crippen LogP contribution >= 0.6 is 0 Å². The molecule has 3 N–H and O–H groups in total. The number of rotatable bonds is 6. The minimum absolute atomic E-state index is 0. The van der Waals surface area contributed by atoms with Crippen LogP contribution in [0.1, 0.15) is 39.2 Å². The van der Waals surface area contributed by atoms with E-state index in [0.29, 0.717) is 41.6 Å². The molecule has 2 aromatic heterocycles. The number of aromatic nitrogens is 4. The number of ether oxygens (including phenoxy) is 1. The van der Waals surface area contributed by atoms with E-state index in [-0.39, 0.29) is 25.4 Å². The third kappa shape index (κ3) is 4.79. The number of benzene rings is 2. The van der Waals surface area contributed by atoms with Crippen LogP contribution in [0.4, 0.5) is 27.7 Å². The lowest BCUT2D eigenvalue weighted by molar-refractivity contribution is 0.112. The van der Waals surface area contributed by atoms with Gasteiger partial charge in [0.1, 0.15) is 17.1 Å². The zero-order valence-electron chi connectivity index (χ0n) is 18.2. The average molecular weight is 465 g/mol. The number of hydrogen-bond donors (Lipinski definition) is 3. The molecule has 1 aliphatic carbocycles. The monoisotopic (exact) mass is 464 g/mol. The molecule has 1 aliphatic rings. The molecule has 0 unspecified atom stereocenters. The summed E-state index contributed by atoms with van der Waals surface area (Å²) >= 11 is 0. The van der Waals surface area contributed by atoms with Crippen molar-refractivity contribution in [2.45, 2.75) is 45.3 Å². The maximum atomic E-state index is 14.3. The topological polar surface area (TPSA) is 97.1 Å². The summed E-state index contributed by atoms with van der Waals surface area (Å²) in [6.07, 6.45) is 4.33. The van der Waals surface area contributed by atoms with Crippen LogP contribution in [0.3, 0.4) is 0 Å². The molecule has 1 fully saturated rings. The lowest BCUT2D eigenvalue weighted by atomic mass is 9.93. The van der Waals surface area contributed by atoms with Gasteiger partial charge in [0.15, 0.2) is 5.65 Å². The molecular formula is C25H29FN6O2. The molecule has 8 nitrogen and oxygen atoms in total. The number of aliphatic hydroxyl groups excluding tert-OH is 1. The second-order valence-corrected chi connectivity index (χ2v) is 8.13. The van der Waals surface area contributed by atoms with E-state index < -0.39 is 0 Å². The maximum absolute atomic E-state index is 14.3. The van der Waals surface area contributed by atoms with E-state index in [1.165, 1.54) is 6.07 Å². The third-order valence-electron chi connectivity index (χ3n) is 5.93. The Balaban J connectivity index is 0.00000274. The van der Waals surface area contributed by atoms with Crippen molar-refractivity contribution in [3.63, 3.8) is 0 Å². The van der Waals surface area contributed by atoms with E-state index in [4.69, 9.17) is 9.72 Å². The van der Waals surface area contributed by atoms with E-state index in [9.17, 15) is 9.50 Å². The van der Waals surface area contributed by atoms with Crippen molar-refractivity contribution in [3.8, 4) is 5.75 Å². The predicted octanol–water partition coefficient (Wildman–Crippen LogP) is 5.57. The maximum Gasteiger partial charge on any atom is 0.229 e. The molecule has 1 saturated carbocycles. The van der Waals surface area contributed by atoms with Gasteiger partial charge in [0, 0.05) is 11.7 Å². The first-order valence-corrected chi connectivity index (χ1v) is 11.0. The highest BCUT2D eigenvalue weighted by molar-refractivity contribution is 5.77. The fraction of sp³-hybridized carbons (Fsp3) is 0.320. The number of halogens is 1. The number of para-hydroxylation sites is 1. The van der Waals surface area contributed by atoms with Crippen LogP contribution in [0.5, 0.6) is 5.75 Å². The normalized spacial score (nSPS) is 17.7. The average Bonchev–Trinajstić information content (AvgIpc) is 3.19. The van der Waals surface area contributed by atoms with Crippen molar-refractivity contribution in [2.75, 3.05) is 17.7 Å². The Morgan fingerprint density at radius 3 is 2.44 bits per heavy atom. The van der Waals surface area contributed by atoms with Gasteiger partial charge in [-0.15, -0.1) is 0 Å². The quantitative estimate of drug-likeness (QED) is 0.343. The van der Waals surface area contributed by atoms with Crippen molar-refractivity contribution >= 4 is 34.4 Å². The van der Waals surface area contributed by atoms with Gasteiger partial charge in [0.25, 0.3) is 0 Å². The van der Waals surface area contributed by atoms with Crippen molar-refractivity contribution in [2.24, 2.45) is 0 Å². The smallest absolute Gasteiger partial charge is 0.229 e. The Kier molecular flexibility index (Phi) is 6.93. The van der Waals surface area contributed by atoms with Crippen LogP contribution in [0.15, 0.2) is 54.7 Å². The van der Waals surface area contributed by atoms with Gasteiger partial charge >= 0.3 is 0 Å². The number of anilines is 4. The number of fused-ring (bicyclic) bond motifs is 1. The van der Waals surface area contributed by atoms with Crippen LogP contribution in [0.25, 0.3) is 11.2 Å². The van der Waals surface area contributed by atoms with E-state index in [1.807, 2.05) is 28.8 Å². The number of hydrogen-bond acceptors (Lipinski definition) is 7. The Hall–Kier alpha value is -3.72. The molecule has 4 aromatic rings. The molecular weight excluding hydrogens is 435 g/mol. The summed E-state index contributed by atoms with van der Waals surface area (Å²) in [5, 5.41) is 16.3. The fourth-order valence-corrected chi connectivity index (χ4v) is 4.19. The van der Waals surface area contributed by atoms with Crippen molar-refractivity contribution in [3.05, 3.63) is 60.5 Å². The molecule has 5 rings (SSSR count). The fourth-order valence-electron chi connectivity index (χ4n) is 4.19. The van der Waals surface area contributed by atoms with Gasteiger partial charge in [-0.2, -0.15) is 4.98 Å². The van der Waals surface area contributed by atoms with Crippen molar-refractivity contribution < 1.29 is 14.2 Å².